The number of hydrogen-bond acceptors (Lipinski definition) is 3. The van der Waals surface area contributed by atoms with Crippen molar-refractivity contribution in [3.8, 4) is 0 Å². The zero-order chi connectivity index (χ0) is 12.0. The monoisotopic (exact) mass is 299 g/mol. The highest BCUT2D eigenvalue weighted by atomic mass is 79.9. The molecule has 2 aliphatic heterocycles. The fourth-order valence-electron chi connectivity index (χ4n) is 2.32. The summed E-state index contributed by atoms with van der Waals surface area (Å²) in [6.07, 6.45) is 0. The summed E-state index contributed by atoms with van der Waals surface area (Å²) in [5.74, 6) is -0.441. The van der Waals surface area contributed by atoms with Crippen molar-refractivity contribution in [3.05, 3.63) is 22.4 Å². The normalized spacial score (nSPS) is 22.8. The fourth-order valence-corrected chi connectivity index (χ4v) is 2.65. The molecule has 0 aliphatic carbocycles. The lowest BCUT2D eigenvalue weighted by Crippen LogP contribution is -2.58. The van der Waals surface area contributed by atoms with Gasteiger partial charge in [0.05, 0.1) is 15.8 Å². The molecule has 1 unspecified atom stereocenters. The van der Waals surface area contributed by atoms with Crippen molar-refractivity contribution in [1.82, 2.24) is 5.32 Å². The molecule has 0 saturated carbocycles. The Kier molecular flexibility index (Phi) is 2.56. The molecule has 1 amide bonds. The molecule has 4 nitrogen and oxygen atoms in total. The zero-order valence-electron chi connectivity index (χ0n) is 8.96. The molecule has 17 heavy (non-hydrogen) atoms. The Balaban J connectivity index is 2.10. The molecular weight excluding hydrogens is 289 g/mol. The third-order valence-corrected chi connectivity index (χ3v) is 3.76. The highest BCUT2D eigenvalue weighted by Crippen LogP contribution is 2.36. The lowest BCUT2D eigenvalue weighted by molar-refractivity contribution is -0.117. The van der Waals surface area contributed by atoms with E-state index >= 15 is 0 Å². The summed E-state index contributed by atoms with van der Waals surface area (Å²) in [7, 11) is 0. The largest absolute Gasteiger partial charge is 0.355 e. The Labute approximate surface area is 106 Å². The van der Waals surface area contributed by atoms with Crippen LogP contribution in [0.4, 0.5) is 15.8 Å². The number of benzene rings is 1. The first kappa shape index (κ1) is 11.0. The second-order valence-corrected chi connectivity index (χ2v) is 5.04. The average Bonchev–Trinajstić information content (AvgIpc) is 2.32. The SMILES string of the molecule is O=C1Nc2cc(F)c(Br)cc2N2CCNCC12. The summed E-state index contributed by atoms with van der Waals surface area (Å²) >= 11 is 3.18. The highest BCUT2D eigenvalue weighted by Gasteiger charge is 2.35. The lowest BCUT2D eigenvalue weighted by atomic mass is 10.1. The third-order valence-electron chi connectivity index (χ3n) is 3.15. The van der Waals surface area contributed by atoms with Crippen LogP contribution in [0, 0.1) is 5.82 Å². The van der Waals surface area contributed by atoms with E-state index in [4.69, 9.17) is 0 Å². The summed E-state index contributed by atoms with van der Waals surface area (Å²) in [4.78, 5) is 13.9. The molecule has 1 atom stereocenters. The van der Waals surface area contributed by atoms with Crippen LogP contribution in [-0.2, 0) is 4.79 Å². The second-order valence-electron chi connectivity index (χ2n) is 4.19. The minimum absolute atomic E-state index is 0.0774. The van der Waals surface area contributed by atoms with Gasteiger partial charge >= 0.3 is 0 Å². The van der Waals surface area contributed by atoms with Gasteiger partial charge in [-0.25, -0.2) is 4.39 Å². The second kappa shape index (κ2) is 3.96. The van der Waals surface area contributed by atoms with Crippen LogP contribution in [0.3, 0.4) is 0 Å². The molecule has 2 heterocycles. The van der Waals surface area contributed by atoms with E-state index in [2.05, 4.69) is 26.6 Å². The maximum absolute atomic E-state index is 13.4. The van der Waals surface area contributed by atoms with Crippen LogP contribution in [0.5, 0.6) is 0 Å². The molecule has 0 bridgehead atoms. The predicted molar refractivity (Wildman–Crippen MR) is 66.7 cm³/mol. The Bertz CT molecular complexity index is 494. The Morgan fingerprint density at radius 1 is 1.47 bits per heavy atom. The molecule has 1 fully saturated rings. The van der Waals surface area contributed by atoms with Crippen LogP contribution < -0.4 is 15.5 Å². The van der Waals surface area contributed by atoms with E-state index in [1.807, 2.05) is 4.90 Å². The van der Waals surface area contributed by atoms with Crippen LogP contribution in [-0.4, -0.2) is 31.6 Å². The molecule has 2 N–H and O–H groups in total. The predicted octanol–water partition coefficient (Wildman–Crippen LogP) is 1.32. The maximum Gasteiger partial charge on any atom is 0.248 e. The number of amides is 1. The Morgan fingerprint density at radius 3 is 3.12 bits per heavy atom. The quantitative estimate of drug-likeness (QED) is 0.759. The average molecular weight is 300 g/mol. The summed E-state index contributed by atoms with van der Waals surface area (Å²) in [6, 6.07) is 2.88. The molecule has 90 valence electrons. The van der Waals surface area contributed by atoms with Crippen LogP contribution >= 0.6 is 15.9 Å². The number of carbonyl (C=O) groups excluding carboxylic acids is 1. The molecule has 6 heteroatoms. The first-order valence-corrected chi connectivity index (χ1v) is 6.23. The van der Waals surface area contributed by atoms with E-state index in [0.29, 0.717) is 16.7 Å². The first-order chi connectivity index (χ1) is 8.16. The number of nitrogens with zero attached hydrogens (tertiary/aromatic N) is 1. The van der Waals surface area contributed by atoms with Gasteiger partial charge < -0.3 is 15.5 Å². The van der Waals surface area contributed by atoms with Crippen molar-refractivity contribution in [1.29, 1.82) is 0 Å². The standard InChI is InChI=1S/C11H11BrFN3O/c12-6-3-9-8(4-7(6)13)15-11(17)10-5-14-1-2-16(9)10/h3-4,10,14H,1-2,5H2,(H,15,17). The number of carbonyl (C=O) groups is 1. The summed E-state index contributed by atoms with van der Waals surface area (Å²) in [6.45, 7) is 2.21. The van der Waals surface area contributed by atoms with Crippen LogP contribution in [0.25, 0.3) is 0 Å². The smallest absolute Gasteiger partial charge is 0.248 e. The number of halogens is 2. The summed E-state index contributed by atoms with van der Waals surface area (Å²) < 4.78 is 13.8. The minimum atomic E-state index is -0.363. The van der Waals surface area contributed by atoms with Gasteiger partial charge in [0, 0.05) is 25.7 Å². The number of nitrogens with one attached hydrogen (secondary N) is 2. The summed E-state index contributed by atoms with van der Waals surface area (Å²) in [5, 5.41) is 5.93. The van der Waals surface area contributed by atoms with Gasteiger partial charge in [-0.2, -0.15) is 0 Å². The van der Waals surface area contributed by atoms with Gasteiger partial charge in [0.2, 0.25) is 5.91 Å². The van der Waals surface area contributed by atoms with Gasteiger partial charge in [0.25, 0.3) is 0 Å². The van der Waals surface area contributed by atoms with Crippen molar-refractivity contribution in [3.63, 3.8) is 0 Å². The van der Waals surface area contributed by atoms with E-state index in [-0.39, 0.29) is 17.8 Å². The Hall–Kier alpha value is -1.14. The topological polar surface area (TPSA) is 44.4 Å². The van der Waals surface area contributed by atoms with Crippen molar-refractivity contribution in [2.24, 2.45) is 0 Å². The number of hydrogen-bond donors (Lipinski definition) is 2. The van der Waals surface area contributed by atoms with Gasteiger partial charge in [-0.05, 0) is 22.0 Å². The molecule has 1 aromatic carbocycles. The van der Waals surface area contributed by atoms with Gasteiger partial charge in [-0.1, -0.05) is 0 Å². The van der Waals surface area contributed by atoms with Crippen molar-refractivity contribution < 1.29 is 9.18 Å². The minimum Gasteiger partial charge on any atom is -0.355 e. The molecule has 1 aromatic rings. The van der Waals surface area contributed by atoms with Crippen LogP contribution in [0.2, 0.25) is 0 Å². The molecule has 2 aliphatic rings. The van der Waals surface area contributed by atoms with Gasteiger partial charge in [-0.3, -0.25) is 4.79 Å². The lowest BCUT2D eigenvalue weighted by Gasteiger charge is -2.41. The molecule has 0 spiro atoms. The third kappa shape index (κ3) is 1.71. The molecule has 3 rings (SSSR count). The van der Waals surface area contributed by atoms with Crippen molar-refractivity contribution >= 4 is 33.2 Å². The highest BCUT2D eigenvalue weighted by molar-refractivity contribution is 9.10. The van der Waals surface area contributed by atoms with E-state index in [1.54, 1.807) is 6.07 Å². The zero-order valence-corrected chi connectivity index (χ0v) is 10.6. The number of anilines is 2. The van der Waals surface area contributed by atoms with Gasteiger partial charge in [-0.15, -0.1) is 0 Å². The van der Waals surface area contributed by atoms with Crippen molar-refractivity contribution in [2.75, 3.05) is 29.9 Å². The van der Waals surface area contributed by atoms with Crippen molar-refractivity contribution in [2.45, 2.75) is 6.04 Å². The first-order valence-electron chi connectivity index (χ1n) is 5.44. The molecule has 0 radical (unpaired) electrons. The molecule has 0 aromatic heterocycles. The molecule has 1 saturated heterocycles. The van der Waals surface area contributed by atoms with E-state index < -0.39 is 0 Å². The summed E-state index contributed by atoms with van der Waals surface area (Å²) in [5.41, 5.74) is 1.43. The Morgan fingerprint density at radius 2 is 2.29 bits per heavy atom. The van der Waals surface area contributed by atoms with E-state index in [0.717, 1.165) is 18.8 Å². The number of fused-ring (bicyclic) bond motifs is 3. The van der Waals surface area contributed by atoms with Crippen LogP contribution in [0.15, 0.2) is 16.6 Å². The maximum atomic E-state index is 13.4. The van der Waals surface area contributed by atoms with Crippen LogP contribution in [0.1, 0.15) is 0 Å². The number of piperazine rings is 1. The van der Waals surface area contributed by atoms with Gasteiger partial charge in [0.1, 0.15) is 11.9 Å². The molecular formula is C11H11BrFN3O. The van der Waals surface area contributed by atoms with E-state index in [1.165, 1.54) is 6.07 Å². The van der Waals surface area contributed by atoms with Gasteiger partial charge in [0.15, 0.2) is 0 Å². The van der Waals surface area contributed by atoms with E-state index in [9.17, 15) is 9.18 Å². The fraction of sp³-hybridized carbons (Fsp3) is 0.364. The number of rotatable bonds is 0.